The third kappa shape index (κ3) is 4.33. The summed E-state index contributed by atoms with van der Waals surface area (Å²) in [5.41, 5.74) is 9.97. The van der Waals surface area contributed by atoms with E-state index in [2.05, 4.69) is 164 Å². The highest BCUT2D eigenvalue weighted by molar-refractivity contribution is 6.23. The maximum Gasteiger partial charge on any atom is 0.197 e. The second-order valence-electron chi connectivity index (χ2n) is 21.1. The molecule has 5 nitrogen and oxygen atoms in total. The first kappa shape index (κ1) is 34.9. The summed E-state index contributed by atoms with van der Waals surface area (Å²) in [4.78, 5) is 30.5. The van der Waals surface area contributed by atoms with Crippen LogP contribution in [0.5, 0.6) is 0 Å². The van der Waals surface area contributed by atoms with Gasteiger partial charge in [0.1, 0.15) is 0 Å². The van der Waals surface area contributed by atoms with Crippen molar-refractivity contribution in [3.63, 3.8) is 0 Å². The van der Waals surface area contributed by atoms with Crippen molar-refractivity contribution < 1.29 is 0 Å². The van der Waals surface area contributed by atoms with Gasteiger partial charge in [-0.05, 0) is 120 Å². The zero-order chi connectivity index (χ0) is 40.8. The number of hydrogen-bond acceptors (Lipinski definition) is 2. The highest BCUT2D eigenvalue weighted by atomic mass is 16.1. The second-order valence-corrected chi connectivity index (χ2v) is 21.1. The van der Waals surface area contributed by atoms with E-state index < -0.39 is 0 Å². The Labute approximate surface area is 348 Å². The van der Waals surface area contributed by atoms with Gasteiger partial charge in [-0.1, -0.05) is 102 Å². The molecule has 0 saturated heterocycles. The van der Waals surface area contributed by atoms with Crippen LogP contribution in [-0.4, -0.2) is 13.5 Å². The monoisotopic (exact) mass is 783 g/mol. The van der Waals surface area contributed by atoms with Crippen LogP contribution in [0.3, 0.4) is 0 Å². The molecule has 4 saturated carbocycles. The normalized spacial score (nSPS) is 21.9. The Morgan fingerprint density at radius 3 is 1.57 bits per heavy atom. The molecule has 4 fully saturated rings. The van der Waals surface area contributed by atoms with Gasteiger partial charge in [-0.15, -0.1) is 0 Å². The Morgan fingerprint density at radius 2 is 1.00 bits per heavy atom. The molecule has 10 aromatic rings. The van der Waals surface area contributed by atoms with E-state index in [1.54, 1.807) is 0 Å². The van der Waals surface area contributed by atoms with Crippen molar-refractivity contribution in [2.45, 2.75) is 90.0 Å². The van der Waals surface area contributed by atoms with E-state index in [1.807, 2.05) is 0 Å². The molecule has 0 spiro atoms. The lowest BCUT2D eigenvalue weighted by Crippen LogP contribution is -2.34. The second kappa shape index (κ2) is 11.3. The van der Waals surface area contributed by atoms with Gasteiger partial charge >= 0.3 is 0 Å². The Hall–Kier alpha value is -5.94. The SMILES string of the molecule is CC(C)(C)c1ccc2c(c1)c(=O)c1cc(-n3c4ccccc4c4ccc5c6ccccc6n(C67CC8CC(CC6C8)C7)c5c43)cc3c(=O)c4cc(C(C)(C)C)ccc4n2c13. The molecular formula is C55H49N3O2. The molecule has 4 aromatic heterocycles. The summed E-state index contributed by atoms with van der Waals surface area (Å²) in [7, 11) is 0. The van der Waals surface area contributed by atoms with E-state index in [0.717, 1.165) is 50.7 Å². The maximum absolute atomic E-state index is 15.2. The Morgan fingerprint density at radius 1 is 0.483 bits per heavy atom. The molecule has 4 bridgehead atoms. The van der Waals surface area contributed by atoms with Crippen LogP contribution in [0.25, 0.3) is 87.4 Å². The number of aromatic nitrogens is 3. The predicted octanol–water partition coefficient (Wildman–Crippen LogP) is 12.9. The fourth-order valence-electron chi connectivity index (χ4n) is 13.1. The zero-order valence-corrected chi connectivity index (χ0v) is 35.3. The summed E-state index contributed by atoms with van der Waals surface area (Å²) in [5.74, 6) is 2.26. The smallest absolute Gasteiger partial charge is 0.197 e. The van der Waals surface area contributed by atoms with Crippen LogP contribution in [-0.2, 0) is 16.4 Å². The van der Waals surface area contributed by atoms with Gasteiger partial charge in [-0.2, -0.15) is 0 Å². The van der Waals surface area contributed by atoms with Gasteiger partial charge in [0.05, 0.1) is 33.1 Å². The molecule has 0 radical (unpaired) electrons. The minimum atomic E-state index is -0.148. The number of hydrogen-bond donors (Lipinski definition) is 0. The van der Waals surface area contributed by atoms with E-state index in [4.69, 9.17) is 0 Å². The van der Waals surface area contributed by atoms with Gasteiger partial charge in [-0.3, -0.25) is 9.59 Å². The van der Waals surface area contributed by atoms with E-state index in [9.17, 15) is 0 Å². The Bertz CT molecular complexity index is 3540. The van der Waals surface area contributed by atoms with E-state index in [1.165, 1.54) is 64.7 Å². The molecule has 4 aliphatic carbocycles. The summed E-state index contributed by atoms with van der Waals surface area (Å²) in [5, 5.41) is 7.43. The van der Waals surface area contributed by atoms with Crippen molar-refractivity contribution in [3.8, 4) is 5.69 Å². The molecule has 6 aromatic carbocycles. The molecule has 4 aliphatic rings. The highest BCUT2D eigenvalue weighted by Gasteiger charge is 2.59. The van der Waals surface area contributed by atoms with Crippen LogP contribution in [0.15, 0.2) is 119 Å². The number of pyridine rings is 2. The van der Waals surface area contributed by atoms with E-state index in [0.29, 0.717) is 33.0 Å². The van der Waals surface area contributed by atoms with Crippen molar-refractivity contribution in [3.05, 3.63) is 141 Å². The third-order valence-electron chi connectivity index (χ3n) is 15.6. The van der Waals surface area contributed by atoms with Gasteiger partial charge in [0.2, 0.25) is 0 Å². The molecule has 0 amide bonds. The minimum absolute atomic E-state index is 0.0362. The van der Waals surface area contributed by atoms with E-state index >= 15 is 9.59 Å². The molecule has 5 heteroatoms. The first-order valence-corrected chi connectivity index (χ1v) is 22.1. The lowest BCUT2D eigenvalue weighted by atomic mass is 9.80. The summed E-state index contributed by atoms with van der Waals surface area (Å²) in [6.45, 7) is 13.2. The largest absolute Gasteiger partial charge is 0.332 e. The summed E-state index contributed by atoms with van der Waals surface area (Å²) < 4.78 is 7.42. The number of para-hydroxylation sites is 2. The molecule has 0 aliphatic heterocycles. The average molecular weight is 784 g/mol. The van der Waals surface area contributed by atoms with Gasteiger partial charge in [0.15, 0.2) is 10.9 Å². The summed E-state index contributed by atoms with van der Waals surface area (Å²) in [6.07, 6.45) is 6.52. The van der Waals surface area contributed by atoms with Gasteiger partial charge in [0.25, 0.3) is 0 Å². The van der Waals surface area contributed by atoms with Crippen LogP contribution in [0.4, 0.5) is 0 Å². The number of nitrogens with zero attached hydrogens (tertiary/aromatic N) is 3. The standard InChI is InChI=1S/C55H49N3O2/c1-53(2,3)32-15-19-45-40(24-32)51(59)42-26-35(27-43-48(42)57(45)46-20-16-33(54(4,5)6)25-41(46)52(43)60)56-44-13-9-7-11-36(44)38-17-18-39-37-12-8-10-14-47(37)58(50(39)49(38)56)55-28-30-21-31(29-55)23-34(55)22-30/h7-20,24-27,30-31,34H,21-23,28-29H2,1-6H3. The molecule has 4 heterocycles. The first-order valence-electron chi connectivity index (χ1n) is 22.1. The highest BCUT2D eigenvalue weighted by Crippen LogP contribution is 2.65. The van der Waals surface area contributed by atoms with Crippen molar-refractivity contribution in [1.29, 1.82) is 0 Å². The quantitative estimate of drug-likeness (QED) is 0.129. The van der Waals surface area contributed by atoms with Crippen LogP contribution >= 0.6 is 0 Å². The van der Waals surface area contributed by atoms with Gasteiger partial charge in [-0.25, -0.2) is 0 Å². The number of fused-ring (bicyclic) bond motifs is 11. The number of benzene rings is 6. The number of rotatable bonds is 2. The molecular weight excluding hydrogens is 735 g/mol. The van der Waals surface area contributed by atoms with Crippen LogP contribution in [0, 0.1) is 17.8 Å². The van der Waals surface area contributed by atoms with E-state index in [-0.39, 0.29) is 27.2 Å². The van der Waals surface area contributed by atoms with Gasteiger partial charge in [0, 0.05) is 59.8 Å². The van der Waals surface area contributed by atoms with Crippen LogP contribution in [0.1, 0.15) is 84.8 Å². The summed E-state index contributed by atoms with van der Waals surface area (Å²) in [6, 6.07) is 39.3. The topological polar surface area (TPSA) is 48.4 Å². The average Bonchev–Trinajstić information content (AvgIpc) is 3.90. The fourth-order valence-corrected chi connectivity index (χ4v) is 13.1. The van der Waals surface area contributed by atoms with Crippen molar-refractivity contribution in [1.82, 2.24) is 13.5 Å². The molecule has 60 heavy (non-hydrogen) atoms. The molecule has 0 N–H and O–H groups in total. The van der Waals surface area contributed by atoms with Gasteiger partial charge < -0.3 is 13.5 Å². The van der Waals surface area contributed by atoms with Crippen LogP contribution < -0.4 is 10.9 Å². The maximum atomic E-state index is 15.2. The Kier molecular flexibility index (Phi) is 6.54. The van der Waals surface area contributed by atoms with Crippen molar-refractivity contribution in [2.24, 2.45) is 17.8 Å². The predicted molar refractivity (Wildman–Crippen MR) is 250 cm³/mol. The minimum Gasteiger partial charge on any atom is -0.332 e. The summed E-state index contributed by atoms with van der Waals surface area (Å²) >= 11 is 0. The molecule has 14 rings (SSSR count). The van der Waals surface area contributed by atoms with Crippen LogP contribution in [0.2, 0.25) is 0 Å². The van der Waals surface area contributed by atoms with Crippen molar-refractivity contribution in [2.75, 3.05) is 0 Å². The lowest BCUT2D eigenvalue weighted by molar-refractivity contribution is 0.215. The molecule has 2 atom stereocenters. The Balaban J connectivity index is 1.23. The van der Waals surface area contributed by atoms with Crippen molar-refractivity contribution >= 4 is 81.7 Å². The fraction of sp³-hybridized carbons (Fsp3) is 0.309. The molecule has 2 unspecified atom stereocenters. The molecule has 296 valence electrons. The third-order valence-corrected chi connectivity index (χ3v) is 15.6. The first-order chi connectivity index (χ1) is 28.8. The zero-order valence-electron chi connectivity index (χ0n) is 35.3. The lowest BCUT2D eigenvalue weighted by Gasteiger charge is -2.36.